The van der Waals surface area contributed by atoms with Crippen LogP contribution in [-0.4, -0.2) is 33.2 Å². The Morgan fingerprint density at radius 3 is 2.28 bits per heavy atom. The Kier molecular flexibility index (Phi) is 5.64. The third-order valence-corrected chi connectivity index (χ3v) is 6.73. The SMILES string of the molecule is CCS(=O)(=O)c1ccc(C(=O)Nc2sc(C)c(C)c2C(=O)OC)cc1. The fraction of sp³-hybridized carbons (Fsp3) is 0.294. The number of nitrogens with one attached hydrogen (secondary N) is 1. The van der Waals surface area contributed by atoms with Crippen molar-refractivity contribution in [1.82, 2.24) is 0 Å². The maximum absolute atomic E-state index is 12.4. The standard InChI is InChI=1S/C17H19NO5S2/c1-5-25(21,22)13-8-6-12(7-9-13)15(19)18-16-14(17(20)23-4)10(2)11(3)24-16/h6-9H,5H2,1-4H3,(H,18,19). The Bertz CT molecular complexity index is 911. The molecule has 25 heavy (non-hydrogen) atoms. The summed E-state index contributed by atoms with van der Waals surface area (Å²) in [6, 6.07) is 5.70. The van der Waals surface area contributed by atoms with E-state index in [1.54, 1.807) is 13.8 Å². The van der Waals surface area contributed by atoms with E-state index in [-0.39, 0.29) is 10.6 Å². The van der Waals surface area contributed by atoms with Gasteiger partial charge in [0.15, 0.2) is 9.84 Å². The summed E-state index contributed by atoms with van der Waals surface area (Å²) >= 11 is 1.29. The van der Waals surface area contributed by atoms with Gasteiger partial charge in [-0.3, -0.25) is 4.79 Å². The highest BCUT2D eigenvalue weighted by Gasteiger charge is 2.22. The number of ether oxygens (including phenoxy) is 1. The molecule has 6 nitrogen and oxygen atoms in total. The first-order valence-corrected chi connectivity index (χ1v) is 10.0. The number of thiophene rings is 1. The molecule has 1 N–H and O–H groups in total. The fourth-order valence-corrected chi connectivity index (χ4v) is 4.15. The van der Waals surface area contributed by atoms with Gasteiger partial charge in [-0.2, -0.15) is 0 Å². The maximum atomic E-state index is 12.4. The van der Waals surface area contributed by atoms with Crippen LogP contribution in [-0.2, 0) is 14.6 Å². The van der Waals surface area contributed by atoms with Crippen LogP contribution in [0.5, 0.6) is 0 Å². The molecule has 0 unspecified atom stereocenters. The first kappa shape index (κ1) is 19.1. The molecule has 1 heterocycles. The molecule has 0 bridgehead atoms. The summed E-state index contributed by atoms with van der Waals surface area (Å²) < 4.78 is 28.4. The molecule has 0 aliphatic carbocycles. The molecule has 1 aromatic heterocycles. The topological polar surface area (TPSA) is 89.5 Å². The summed E-state index contributed by atoms with van der Waals surface area (Å²) in [6.07, 6.45) is 0. The van der Waals surface area contributed by atoms with Crippen molar-refractivity contribution in [3.63, 3.8) is 0 Å². The summed E-state index contributed by atoms with van der Waals surface area (Å²) in [5, 5.41) is 3.12. The zero-order chi connectivity index (χ0) is 18.8. The van der Waals surface area contributed by atoms with Gasteiger partial charge in [0, 0.05) is 10.4 Å². The molecule has 1 aromatic carbocycles. The number of rotatable bonds is 5. The number of hydrogen-bond donors (Lipinski definition) is 1. The van der Waals surface area contributed by atoms with Crippen molar-refractivity contribution in [2.45, 2.75) is 25.7 Å². The average molecular weight is 381 g/mol. The molecular weight excluding hydrogens is 362 g/mol. The van der Waals surface area contributed by atoms with Gasteiger partial charge >= 0.3 is 5.97 Å². The Morgan fingerprint density at radius 1 is 1.16 bits per heavy atom. The minimum absolute atomic E-state index is 0.00518. The van der Waals surface area contributed by atoms with E-state index in [0.717, 1.165) is 10.4 Å². The maximum Gasteiger partial charge on any atom is 0.341 e. The second kappa shape index (κ2) is 7.37. The van der Waals surface area contributed by atoms with Crippen molar-refractivity contribution in [1.29, 1.82) is 0 Å². The molecule has 0 saturated carbocycles. The van der Waals surface area contributed by atoms with Gasteiger partial charge in [-0.05, 0) is 43.7 Å². The molecule has 2 rings (SSSR count). The molecular formula is C17H19NO5S2. The van der Waals surface area contributed by atoms with Crippen LogP contribution in [0.4, 0.5) is 5.00 Å². The summed E-state index contributed by atoms with van der Waals surface area (Å²) in [6.45, 7) is 5.20. The number of carbonyl (C=O) groups is 2. The van der Waals surface area contributed by atoms with Crippen molar-refractivity contribution < 1.29 is 22.7 Å². The molecule has 2 aromatic rings. The van der Waals surface area contributed by atoms with Crippen molar-refractivity contribution in [3.05, 3.63) is 45.8 Å². The van der Waals surface area contributed by atoms with Crippen LogP contribution in [0.3, 0.4) is 0 Å². The minimum Gasteiger partial charge on any atom is -0.465 e. The summed E-state index contributed by atoms with van der Waals surface area (Å²) in [4.78, 5) is 25.4. The lowest BCUT2D eigenvalue weighted by Crippen LogP contribution is -2.14. The quantitative estimate of drug-likeness (QED) is 0.804. The lowest BCUT2D eigenvalue weighted by Gasteiger charge is -2.07. The molecule has 0 saturated heterocycles. The Labute approximate surface area is 150 Å². The van der Waals surface area contributed by atoms with E-state index in [0.29, 0.717) is 16.1 Å². The van der Waals surface area contributed by atoms with E-state index in [1.165, 1.54) is 42.7 Å². The summed E-state index contributed by atoms with van der Waals surface area (Å²) in [7, 11) is -2.03. The van der Waals surface area contributed by atoms with Crippen LogP contribution in [0.15, 0.2) is 29.2 Å². The summed E-state index contributed by atoms with van der Waals surface area (Å²) in [5.74, 6) is -0.942. The average Bonchev–Trinajstić information content (AvgIpc) is 2.88. The number of benzene rings is 1. The fourth-order valence-electron chi connectivity index (χ4n) is 2.22. The van der Waals surface area contributed by atoms with Gasteiger partial charge in [-0.15, -0.1) is 11.3 Å². The van der Waals surface area contributed by atoms with E-state index in [4.69, 9.17) is 4.74 Å². The molecule has 134 valence electrons. The Balaban J connectivity index is 2.29. The first-order valence-electron chi connectivity index (χ1n) is 7.53. The largest absolute Gasteiger partial charge is 0.465 e. The summed E-state index contributed by atoms with van der Waals surface area (Å²) in [5.41, 5.74) is 1.40. The van der Waals surface area contributed by atoms with Crippen molar-refractivity contribution >= 4 is 38.1 Å². The lowest BCUT2D eigenvalue weighted by atomic mass is 10.1. The van der Waals surface area contributed by atoms with Crippen LogP contribution < -0.4 is 5.32 Å². The smallest absolute Gasteiger partial charge is 0.341 e. The van der Waals surface area contributed by atoms with Gasteiger partial charge in [-0.25, -0.2) is 13.2 Å². The number of sulfone groups is 1. The number of anilines is 1. The number of methoxy groups -OCH3 is 1. The van der Waals surface area contributed by atoms with Crippen LogP contribution in [0.1, 0.15) is 38.1 Å². The molecule has 1 amide bonds. The monoisotopic (exact) mass is 381 g/mol. The predicted molar refractivity (Wildman–Crippen MR) is 97.3 cm³/mol. The number of esters is 1. The molecule has 0 aliphatic heterocycles. The number of amides is 1. The van der Waals surface area contributed by atoms with Gasteiger partial charge in [0.2, 0.25) is 0 Å². The van der Waals surface area contributed by atoms with Gasteiger partial charge < -0.3 is 10.1 Å². The highest BCUT2D eigenvalue weighted by atomic mass is 32.2. The molecule has 0 aliphatic rings. The van der Waals surface area contributed by atoms with E-state index < -0.39 is 21.7 Å². The number of aryl methyl sites for hydroxylation is 1. The molecule has 0 atom stereocenters. The third kappa shape index (κ3) is 3.91. The van der Waals surface area contributed by atoms with E-state index in [1.807, 2.05) is 6.92 Å². The van der Waals surface area contributed by atoms with Crippen molar-refractivity contribution in [2.75, 3.05) is 18.2 Å². The zero-order valence-electron chi connectivity index (χ0n) is 14.4. The van der Waals surface area contributed by atoms with Crippen LogP contribution in [0.2, 0.25) is 0 Å². The Morgan fingerprint density at radius 2 is 1.76 bits per heavy atom. The minimum atomic E-state index is -3.31. The zero-order valence-corrected chi connectivity index (χ0v) is 16.0. The normalized spacial score (nSPS) is 11.2. The third-order valence-electron chi connectivity index (χ3n) is 3.86. The van der Waals surface area contributed by atoms with Gasteiger partial charge in [0.1, 0.15) is 5.00 Å². The Hall–Kier alpha value is -2.19. The lowest BCUT2D eigenvalue weighted by molar-refractivity contribution is 0.0601. The second-order valence-corrected chi connectivity index (χ2v) is 8.86. The van der Waals surface area contributed by atoms with Gasteiger partial charge in [0.05, 0.1) is 23.3 Å². The number of hydrogen-bond acceptors (Lipinski definition) is 6. The van der Waals surface area contributed by atoms with E-state index >= 15 is 0 Å². The second-order valence-electron chi connectivity index (χ2n) is 5.36. The molecule has 0 radical (unpaired) electrons. The van der Waals surface area contributed by atoms with E-state index in [9.17, 15) is 18.0 Å². The van der Waals surface area contributed by atoms with Crippen LogP contribution in [0.25, 0.3) is 0 Å². The van der Waals surface area contributed by atoms with E-state index in [2.05, 4.69) is 5.32 Å². The predicted octanol–water partition coefficient (Wildman–Crippen LogP) is 3.20. The van der Waals surface area contributed by atoms with Crippen molar-refractivity contribution in [2.24, 2.45) is 0 Å². The van der Waals surface area contributed by atoms with Crippen LogP contribution >= 0.6 is 11.3 Å². The highest BCUT2D eigenvalue weighted by Crippen LogP contribution is 2.33. The van der Waals surface area contributed by atoms with Crippen LogP contribution in [0, 0.1) is 13.8 Å². The van der Waals surface area contributed by atoms with Crippen molar-refractivity contribution in [3.8, 4) is 0 Å². The highest BCUT2D eigenvalue weighted by molar-refractivity contribution is 7.91. The van der Waals surface area contributed by atoms with Gasteiger partial charge in [0.25, 0.3) is 5.91 Å². The molecule has 8 heteroatoms. The molecule has 0 spiro atoms. The number of carbonyl (C=O) groups excluding carboxylic acids is 2. The first-order chi connectivity index (χ1) is 11.7. The molecule has 0 fully saturated rings. The van der Waals surface area contributed by atoms with Gasteiger partial charge in [-0.1, -0.05) is 6.92 Å².